The van der Waals surface area contributed by atoms with Crippen molar-refractivity contribution in [2.75, 3.05) is 16.8 Å². The maximum Gasteiger partial charge on any atom is 0.408 e. The van der Waals surface area contributed by atoms with Gasteiger partial charge in [-0.25, -0.2) is 4.79 Å². The van der Waals surface area contributed by atoms with Gasteiger partial charge in [-0.05, 0) is 81.6 Å². The molecule has 0 radical (unpaired) electrons. The van der Waals surface area contributed by atoms with Gasteiger partial charge in [0.2, 0.25) is 17.4 Å². The quantitative estimate of drug-likeness (QED) is 0.0832. The van der Waals surface area contributed by atoms with Crippen LogP contribution in [0.3, 0.4) is 0 Å². The van der Waals surface area contributed by atoms with E-state index in [4.69, 9.17) is 15.9 Å². The normalized spacial score (nSPS) is 17.6. The molecular formula is C28H44N8O5S3. The largest absolute Gasteiger partial charge is 0.444 e. The molecule has 2 saturated carbocycles. The average Bonchev–Trinajstić information content (AvgIpc) is 3.73. The lowest BCUT2D eigenvalue weighted by Gasteiger charge is -2.25. The van der Waals surface area contributed by atoms with E-state index in [0.717, 1.165) is 73.9 Å². The summed E-state index contributed by atoms with van der Waals surface area (Å²) < 4.78 is 5.33. The topological polar surface area (TPSA) is 202 Å². The monoisotopic (exact) mass is 668 g/mol. The molecule has 0 bridgehead atoms. The van der Waals surface area contributed by atoms with Gasteiger partial charge in [0.1, 0.15) is 22.7 Å². The maximum atomic E-state index is 13.0. The number of rotatable bonds is 14. The fourth-order valence-electron chi connectivity index (χ4n) is 5.29. The summed E-state index contributed by atoms with van der Waals surface area (Å²) in [6.45, 7) is 5.27. The number of aryl methyl sites for hydroxylation is 1. The van der Waals surface area contributed by atoms with Gasteiger partial charge in [-0.1, -0.05) is 37.0 Å². The minimum atomic E-state index is -0.813. The Balaban J connectivity index is 1.38. The number of aliphatic imine (C=N–C) groups is 1. The van der Waals surface area contributed by atoms with Gasteiger partial charge in [0, 0.05) is 12.8 Å². The molecular weight excluding hydrogens is 625 g/mol. The molecule has 0 spiro atoms. The highest BCUT2D eigenvalue weighted by Gasteiger charge is 2.34. The second-order valence-corrected chi connectivity index (χ2v) is 15.3. The molecule has 0 aromatic carbocycles. The van der Waals surface area contributed by atoms with Crippen LogP contribution in [0.5, 0.6) is 0 Å². The third kappa shape index (κ3) is 12.3. The summed E-state index contributed by atoms with van der Waals surface area (Å²) in [6.07, 6.45) is 8.56. The maximum absolute atomic E-state index is 13.0. The Kier molecular flexibility index (Phi) is 14.4. The Morgan fingerprint density at radius 1 is 1.09 bits per heavy atom. The molecule has 44 heavy (non-hydrogen) atoms. The zero-order valence-electron chi connectivity index (χ0n) is 25.6. The lowest BCUT2D eigenvalue weighted by molar-refractivity contribution is -0.122. The summed E-state index contributed by atoms with van der Waals surface area (Å²) in [5.74, 6) is 0.728. The summed E-state index contributed by atoms with van der Waals surface area (Å²) in [4.78, 5) is 53.0. The van der Waals surface area contributed by atoms with E-state index in [-0.39, 0.29) is 28.0 Å². The smallest absolute Gasteiger partial charge is 0.408 e. The van der Waals surface area contributed by atoms with Gasteiger partial charge in [-0.15, -0.1) is 10.2 Å². The highest BCUT2D eigenvalue weighted by atomic mass is 32.2. The first-order valence-electron chi connectivity index (χ1n) is 15.0. The first-order chi connectivity index (χ1) is 20.9. The van der Waals surface area contributed by atoms with Crippen molar-refractivity contribution in [1.82, 2.24) is 20.8 Å². The van der Waals surface area contributed by atoms with Crippen molar-refractivity contribution >= 4 is 74.5 Å². The van der Waals surface area contributed by atoms with Crippen LogP contribution in [0.2, 0.25) is 0 Å². The van der Waals surface area contributed by atoms with Crippen molar-refractivity contribution in [2.24, 2.45) is 22.6 Å². The lowest BCUT2D eigenvalue weighted by atomic mass is 9.97. The van der Waals surface area contributed by atoms with Crippen LogP contribution in [0.15, 0.2) is 4.99 Å². The Hall–Kier alpha value is -2.72. The van der Waals surface area contributed by atoms with Gasteiger partial charge >= 0.3 is 6.09 Å². The molecule has 2 fully saturated rings. The number of nitrogens with two attached hydrogens (primary N) is 1. The number of amidine groups is 1. The first-order valence-corrected chi connectivity index (χ1v) is 17.8. The average molecular weight is 669 g/mol. The number of thioether (sulfide) groups is 2. The predicted octanol–water partition coefficient (Wildman–Crippen LogP) is 4.08. The molecule has 0 saturated heterocycles. The number of aromatic nitrogens is 2. The fraction of sp³-hybridized carbons (Fsp3) is 0.714. The van der Waals surface area contributed by atoms with Crippen molar-refractivity contribution in [3.8, 4) is 0 Å². The van der Waals surface area contributed by atoms with Crippen molar-refractivity contribution < 1.29 is 23.9 Å². The number of amides is 4. The van der Waals surface area contributed by atoms with E-state index in [1.165, 1.54) is 11.3 Å². The van der Waals surface area contributed by atoms with E-state index in [1.807, 2.05) is 0 Å². The lowest BCUT2D eigenvalue weighted by Crippen LogP contribution is -2.47. The summed E-state index contributed by atoms with van der Waals surface area (Å²) >= 11 is 3.89. The van der Waals surface area contributed by atoms with Crippen LogP contribution in [0.1, 0.15) is 83.6 Å². The van der Waals surface area contributed by atoms with E-state index in [0.29, 0.717) is 30.1 Å². The molecule has 1 aromatic rings. The zero-order valence-corrected chi connectivity index (χ0v) is 28.0. The molecule has 6 N–H and O–H groups in total. The molecule has 3 rings (SSSR count). The van der Waals surface area contributed by atoms with Crippen LogP contribution in [-0.4, -0.2) is 73.9 Å². The van der Waals surface area contributed by atoms with Gasteiger partial charge < -0.3 is 21.1 Å². The Morgan fingerprint density at radius 3 is 2.34 bits per heavy atom. The molecule has 4 amide bonds. The molecule has 13 nitrogen and oxygen atoms in total. The second-order valence-electron chi connectivity index (χ2n) is 11.9. The number of carbonyl (C=O) groups excluding carboxylic acids is 4. The van der Waals surface area contributed by atoms with Crippen molar-refractivity contribution in [1.29, 1.82) is 5.41 Å². The fourth-order valence-corrected chi connectivity index (χ4v) is 7.77. The third-order valence-electron chi connectivity index (χ3n) is 7.29. The Bertz CT molecular complexity index is 1180. The summed E-state index contributed by atoms with van der Waals surface area (Å²) in [5, 5.41) is 26.0. The summed E-state index contributed by atoms with van der Waals surface area (Å²) in [7, 11) is 0. The number of carbonyl (C=O) groups is 4. The van der Waals surface area contributed by atoms with E-state index in [2.05, 4.69) is 31.1 Å². The predicted molar refractivity (Wildman–Crippen MR) is 176 cm³/mol. The van der Waals surface area contributed by atoms with Crippen LogP contribution in [-0.2, 0) is 25.5 Å². The number of hydrogen-bond acceptors (Lipinski definition) is 11. The molecule has 1 aromatic heterocycles. The molecule has 2 atom stereocenters. The number of nitrogens with zero attached hydrogens (tertiary/aromatic N) is 3. The van der Waals surface area contributed by atoms with E-state index >= 15 is 0 Å². The highest BCUT2D eigenvalue weighted by Crippen LogP contribution is 2.30. The number of alkyl carbamates (subject to hydrolysis) is 1. The summed E-state index contributed by atoms with van der Waals surface area (Å²) in [6, 6.07) is -1.38. The number of hydrogen-bond donors (Lipinski definition) is 5. The number of anilines is 1. The highest BCUT2D eigenvalue weighted by molar-refractivity contribution is 8.26. The molecule has 1 heterocycles. The van der Waals surface area contributed by atoms with E-state index in [9.17, 15) is 19.2 Å². The van der Waals surface area contributed by atoms with Crippen LogP contribution in [0.25, 0.3) is 0 Å². The van der Waals surface area contributed by atoms with Gasteiger partial charge in [-0.2, -0.15) is 16.8 Å². The van der Waals surface area contributed by atoms with Gasteiger partial charge in [0.25, 0.3) is 5.91 Å². The van der Waals surface area contributed by atoms with E-state index in [1.54, 1.807) is 32.5 Å². The van der Waals surface area contributed by atoms with Crippen LogP contribution < -0.4 is 21.7 Å². The van der Waals surface area contributed by atoms with Crippen molar-refractivity contribution in [3.63, 3.8) is 0 Å². The first kappa shape index (κ1) is 35.8. The number of ether oxygens (including phenoxy) is 1. The summed E-state index contributed by atoms with van der Waals surface area (Å²) in [5.41, 5.74) is 5.30. The van der Waals surface area contributed by atoms with Crippen LogP contribution in [0.4, 0.5) is 9.93 Å². The second kappa shape index (κ2) is 17.7. The van der Waals surface area contributed by atoms with Crippen molar-refractivity contribution in [3.05, 3.63) is 5.01 Å². The molecule has 2 unspecified atom stereocenters. The van der Waals surface area contributed by atoms with Crippen molar-refractivity contribution in [2.45, 2.75) is 103 Å². The van der Waals surface area contributed by atoms with Crippen LogP contribution in [0, 0.1) is 17.2 Å². The minimum Gasteiger partial charge on any atom is -0.444 e. The minimum absolute atomic E-state index is 0.0267. The zero-order chi connectivity index (χ0) is 32.1. The Morgan fingerprint density at radius 2 is 1.73 bits per heavy atom. The van der Waals surface area contributed by atoms with Gasteiger partial charge in [0.05, 0.1) is 5.04 Å². The molecule has 16 heteroatoms. The van der Waals surface area contributed by atoms with Gasteiger partial charge in [-0.3, -0.25) is 25.1 Å². The molecule has 244 valence electrons. The Labute approximate surface area is 271 Å². The standard InChI is InChI=1S/C28H44N8O5S3/c1-28(2,3)41-27(40)32-22(18-10-6-7-11-18)24(39)33-25(30)43-19(29)12-14-42-15-13-20-35-36-26(44-20)34-23(38)21(31-16-37)17-8-4-5-9-17/h16-18,21-22,29H,4-15H2,1-3H3,(H,31,37)(H,32,40)(H2,30,33,39)(H,34,36,38). The third-order valence-corrected chi connectivity index (χ3v) is 9.92. The van der Waals surface area contributed by atoms with Gasteiger partial charge in [0.15, 0.2) is 5.17 Å². The molecule has 2 aliphatic rings. The van der Waals surface area contributed by atoms with E-state index < -0.39 is 29.7 Å². The number of nitrogens with one attached hydrogen (secondary N) is 4. The molecule has 2 aliphatic carbocycles. The van der Waals surface area contributed by atoms with Crippen LogP contribution >= 0.6 is 34.9 Å². The SMILES string of the molecule is CC(C)(C)OC(=O)NC(C(=O)N=C(N)SC(=N)CCSCCc1nnc(NC(=O)C(NC=O)C2CCCC2)s1)C1CCCC1. The molecule has 0 aliphatic heterocycles.